The van der Waals surface area contributed by atoms with Crippen molar-refractivity contribution in [3.05, 3.63) is 35.9 Å². The minimum Gasteiger partial charge on any atom is -0.323 e. The molecule has 3 nitrogen and oxygen atoms in total. The zero-order chi connectivity index (χ0) is 15.2. The first-order valence-corrected chi connectivity index (χ1v) is 7.47. The van der Waals surface area contributed by atoms with E-state index in [2.05, 4.69) is 69.1 Å². The van der Waals surface area contributed by atoms with Gasteiger partial charge < -0.3 is 15.5 Å². The molecule has 0 fully saturated rings. The van der Waals surface area contributed by atoms with Crippen LogP contribution in [0.4, 0.5) is 0 Å². The minimum absolute atomic E-state index is 0.0637. The molecule has 1 rings (SSSR count). The van der Waals surface area contributed by atoms with Crippen molar-refractivity contribution >= 4 is 0 Å². The molecule has 0 aromatic heterocycles. The van der Waals surface area contributed by atoms with Gasteiger partial charge in [-0.05, 0) is 51.6 Å². The zero-order valence-corrected chi connectivity index (χ0v) is 13.8. The van der Waals surface area contributed by atoms with Gasteiger partial charge in [-0.1, -0.05) is 44.2 Å². The first kappa shape index (κ1) is 17.2. The van der Waals surface area contributed by atoms with Gasteiger partial charge in [0.05, 0.1) is 0 Å². The van der Waals surface area contributed by atoms with Gasteiger partial charge >= 0.3 is 0 Å². The Morgan fingerprint density at radius 1 is 1.05 bits per heavy atom. The highest BCUT2D eigenvalue weighted by atomic mass is 15.1. The van der Waals surface area contributed by atoms with Crippen LogP contribution in [-0.4, -0.2) is 50.6 Å². The van der Waals surface area contributed by atoms with Gasteiger partial charge in [0.1, 0.15) is 0 Å². The summed E-state index contributed by atoms with van der Waals surface area (Å²) in [5, 5.41) is 0. The van der Waals surface area contributed by atoms with Crippen molar-refractivity contribution in [2.24, 2.45) is 11.1 Å². The fourth-order valence-electron chi connectivity index (χ4n) is 2.64. The topological polar surface area (TPSA) is 32.5 Å². The van der Waals surface area contributed by atoms with Gasteiger partial charge in [0.25, 0.3) is 0 Å². The molecule has 1 unspecified atom stereocenters. The lowest BCUT2D eigenvalue weighted by molar-refractivity contribution is 0.172. The third-order valence-electron chi connectivity index (χ3n) is 3.82. The average Bonchev–Trinajstić information content (AvgIpc) is 2.37. The monoisotopic (exact) mass is 277 g/mol. The molecule has 0 aliphatic carbocycles. The summed E-state index contributed by atoms with van der Waals surface area (Å²) in [6.07, 6.45) is 1.19. The van der Waals surface area contributed by atoms with Gasteiger partial charge in [-0.2, -0.15) is 0 Å². The summed E-state index contributed by atoms with van der Waals surface area (Å²) < 4.78 is 0. The summed E-state index contributed by atoms with van der Waals surface area (Å²) in [5.41, 5.74) is 7.75. The molecule has 0 radical (unpaired) electrons. The summed E-state index contributed by atoms with van der Waals surface area (Å²) in [6.45, 7) is 7.77. The number of rotatable bonds is 8. The van der Waals surface area contributed by atoms with Crippen LogP contribution in [-0.2, 0) is 0 Å². The van der Waals surface area contributed by atoms with Gasteiger partial charge in [-0.3, -0.25) is 0 Å². The maximum atomic E-state index is 6.46. The van der Waals surface area contributed by atoms with Crippen LogP contribution in [0.3, 0.4) is 0 Å². The third-order valence-corrected chi connectivity index (χ3v) is 3.82. The van der Waals surface area contributed by atoms with E-state index < -0.39 is 0 Å². The number of nitrogens with zero attached hydrogens (tertiary/aromatic N) is 2. The van der Waals surface area contributed by atoms with Gasteiger partial charge in [0.2, 0.25) is 0 Å². The molecule has 0 amide bonds. The molecule has 0 heterocycles. The Morgan fingerprint density at radius 2 is 1.65 bits per heavy atom. The minimum atomic E-state index is 0.0637. The Balaban J connectivity index is 2.51. The molecule has 2 N–H and O–H groups in total. The fraction of sp³-hybridized carbons (Fsp3) is 0.647. The molecule has 114 valence electrons. The lowest BCUT2D eigenvalue weighted by Crippen LogP contribution is -2.40. The van der Waals surface area contributed by atoms with E-state index in [4.69, 9.17) is 5.73 Å². The Kier molecular flexibility index (Phi) is 6.66. The molecule has 0 bridgehead atoms. The van der Waals surface area contributed by atoms with Crippen LogP contribution in [0.25, 0.3) is 0 Å². The molecule has 0 saturated carbocycles. The number of nitrogens with two attached hydrogens (primary N) is 1. The van der Waals surface area contributed by atoms with Gasteiger partial charge in [-0.15, -0.1) is 0 Å². The lowest BCUT2D eigenvalue weighted by atomic mass is 9.80. The largest absolute Gasteiger partial charge is 0.323 e. The molecule has 1 atom stereocenters. The normalized spacial score (nSPS) is 14.0. The summed E-state index contributed by atoms with van der Waals surface area (Å²) in [6, 6.07) is 10.5. The van der Waals surface area contributed by atoms with Crippen molar-refractivity contribution in [1.82, 2.24) is 9.80 Å². The molecule has 0 spiro atoms. The number of hydrogen-bond donors (Lipinski definition) is 1. The van der Waals surface area contributed by atoms with E-state index in [1.807, 2.05) is 6.07 Å². The Morgan fingerprint density at radius 3 is 2.20 bits per heavy atom. The maximum absolute atomic E-state index is 6.46. The summed E-state index contributed by atoms with van der Waals surface area (Å²) in [7, 11) is 6.43. The second-order valence-corrected chi connectivity index (χ2v) is 6.77. The van der Waals surface area contributed by atoms with E-state index in [1.165, 1.54) is 12.0 Å². The Labute approximate surface area is 124 Å². The Hall–Kier alpha value is -0.900. The second kappa shape index (κ2) is 7.77. The van der Waals surface area contributed by atoms with E-state index in [0.717, 1.165) is 19.6 Å². The number of hydrogen-bond acceptors (Lipinski definition) is 3. The standard InChI is InChI=1S/C17H31N3/c1-17(2,14-20(5)13-9-12-19(3)4)16(18)15-10-7-6-8-11-15/h6-8,10-11,16H,9,12-14,18H2,1-5H3. The molecular weight excluding hydrogens is 246 g/mol. The highest BCUT2D eigenvalue weighted by Crippen LogP contribution is 2.31. The second-order valence-electron chi connectivity index (χ2n) is 6.77. The van der Waals surface area contributed by atoms with Crippen LogP contribution in [0.1, 0.15) is 31.9 Å². The van der Waals surface area contributed by atoms with Gasteiger partial charge in [0, 0.05) is 12.6 Å². The fourth-order valence-corrected chi connectivity index (χ4v) is 2.64. The third kappa shape index (κ3) is 5.61. The first-order valence-electron chi connectivity index (χ1n) is 7.47. The molecule has 1 aromatic rings. The summed E-state index contributed by atoms with van der Waals surface area (Å²) in [5.74, 6) is 0. The maximum Gasteiger partial charge on any atom is 0.0359 e. The van der Waals surface area contributed by atoms with Crippen molar-refractivity contribution in [2.45, 2.75) is 26.3 Å². The predicted molar refractivity (Wildman–Crippen MR) is 87.8 cm³/mol. The lowest BCUT2D eigenvalue weighted by Gasteiger charge is -2.36. The highest BCUT2D eigenvalue weighted by Gasteiger charge is 2.28. The van der Waals surface area contributed by atoms with Gasteiger partial charge in [0.15, 0.2) is 0 Å². The van der Waals surface area contributed by atoms with Crippen LogP contribution < -0.4 is 5.73 Å². The first-order chi connectivity index (χ1) is 9.33. The molecule has 0 saturated heterocycles. The van der Waals surface area contributed by atoms with Crippen molar-refractivity contribution < 1.29 is 0 Å². The van der Waals surface area contributed by atoms with E-state index in [1.54, 1.807) is 0 Å². The molecule has 0 aliphatic rings. The zero-order valence-electron chi connectivity index (χ0n) is 13.8. The van der Waals surface area contributed by atoms with Crippen LogP contribution in [0.2, 0.25) is 0 Å². The van der Waals surface area contributed by atoms with E-state index in [0.29, 0.717) is 0 Å². The molecule has 1 aromatic carbocycles. The quantitative estimate of drug-likeness (QED) is 0.793. The van der Waals surface area contributed by atoms with Crippen LogP contribution in [0.5, 0.6) is 0 Å². The van der Waals surface area contributed by atoms with E-state index in [-0.39, 0.29) is 11.5 Å². The molecular formula is C17H31N3. The van der Waals surface area contributed by atoms with E-state index in [9.17, 15) is 0 Å². The average molecular weight is 277 g/mol. The van der Waals surface area contributed by atoms with Crippen LogP contribution in [0.15, 0.2) is 30.3 Å². The SMILES string of the molecule is CN(C)CCCN(C)CC(C)(C)C(N)c1ccccc1. The van der Waals surface area contributed by atoms with Crippen molar-refractivity contribution in [3.63, 3.8) is 0 Å². The molecule has 0 aliphatic heterocycles. The van der Waals surface area contributed by atoms with Crippen LogP contribution in [0, 0.1) is 5.41 Å². The molecule has 20 heavy (non-hydrogen) atoms. The van der Waals surface area contributed by atoms with Gasteiger partial charge in [-0.25, -0.2) is 0 Å². The summed E-state index contributed by atoms with van der Waals surface area (Å²) in [4.78, 5) is 4.63. The highest BCUT2D eigenvalue weighted by molar-refractivity contribution is 5.20. The van der Waals surface area contributed by atoms with Crippen LogP contribution >= 0.6 is 0 Å². The van der Waals surface area contributed by atoms with Crippen molar-refractivity contribution in [1.29, 1.82) is 0 Å². The van der Waals surface area contributed by atoms with E-state index >= 15 is 0 Å². The Bertz CT molecular complexity index is 373. The predicted octanol–water partition coefficient (Wildman–Crippen LogP) is 2.60. The number of benzene rings is 1. The summed E-state index contributed by atoms with van der Waals surface area (Å²) >= 11 is 0. The molecule has 3 heteroatoms. The smallest absolute Gasteiger partial charge is 0.0359 e. The van der Waals surface area contributed by atoms with Crippen molar-refractivity contribution in [3.8, 4) is 0 Å². The van der Waals surface area contributed by atoms with Crippen molar-refractivity contribution in [2.75, 3.05) is 40.8 Å².